The maximum absolute atomic E-state index is 14.7. The van der Waals surface area contributed by atoms with E-state index in [9.17, 15) is 88.5 Å². The smallest absolute Gasteiger partial charge is 0.314 e. The molecule has 0 saturated heterocycles. The van der Waals surface area contributed by atoms with Gasteiger partial charge in [0.2, 0.25) is 17.3 Å². The number of rotatable bonds is 5. The molecule has 2 aromatic rings. The SMILES string of the molecule is CN(C)[C@@H]1C(=O)C(C(N)=O)=C(O)[C@@]2(O)C(=O)C3=C(O)c4c(O)c(N)cc(F)c4CC3CC12.CN(C)[C@@H]1C(=O)C(C(N)=O)=C(O)[C@@]2(O)C(=O)C3=C(O)c4c(O)c([N+](=O)[O-])cc(F)c4CC3CC12.Cl.[CH3-].[Pd]. The number of aliphatic hydroxyl groups is 6. The average molecular weight is 1080 g/mol. The molecule has 8 atom stereocenters. The number of ketones is 4. The monoisotopic (exact) mass is 1080 g/mol. The maximum atomic E-state index is 14.7. The van der Waals surface area contributed by atoms with Crippen LogP contribution in [0.15, 0.2) is 45.9 Å². The summed E-state index contributed by atoms with van der Waals surface area (Å²) in [5, 5.41) is 97.7. The minimum absolute atomic E-state index is 0. The van der Waals surface area contributed by atoms with Crippen LogP contribution in [0.2, 0.25) is 0 Å². The molecule has 8 rings (SSSR count). The molecule has 0 spiro atoms. The first-order chi connectivity index (χ1) is 30.6. The molecule has 0 aromatic heterocycles. The van der Waals surface area contributed by atoms with Gasteiger partial charge < -0.3 is 65.5 Å². The van der Waals surface area contributed by atoms with Crippen molar-refractivity contribution in [2.75, 3.05) is 33.9 Å². The number of hydrogen-bond acceptors (Lipinski definition) is 19. The first-order valence-corrected chi connectivity index (χ1v) is 19.9. The number of aromatic hydroxyl groups is 2. The molecule has 2 amide bonds. The quantitative estimate of drug-likeness (QED) is 0.0371. The Morgan fingerprint density at radius 1 is 0.710 bits per heavy atom. The molecule has 2 saturated carbocycles. The molecule has 0 radical (unpaired) electrons. The number of aliphatic hydroxyl groups excluding tert-OH is 4. The second-order valence-electron chi connectivity index (χ2n) is 17.4. The van der Waals surface area contributed by atoms with Crippen molar-refractivity contribution in [3.8, 4) is 11.5 Å². The second-order valence-corrected chi connectivity index (χ2v) is 17.4. The summed E-state index contributed by atoms with van der Waals surface area (Å²) in [6, 6.07) is -1.08. The number of Topliss-reactive ketones (excluding diaryl/α,β-unsaturated/α-hetero) is 4. The molecule has 6 aliphatic carbocycles. The predicted octanol–water partition coefficient (Wildman–Crippen LogP) is 0.566. The third-order valence-electron chi connectivity index (χ3n) is 13.5. The number of primary amides is 2. The van der Waals surface area contributed by atoms with E-state index in [0.29, 0.717) is 6.07 Å². The molecule has 2 fully saturated rings. The molecular weight excluding hydrogens is 1040 g/mol. The first-order valence-electron chi connectivity index (χ1n) is 19.9. The number of anilines is 1. The number of amides is 2. The van der Waals surface area contributed by atoms with Gasteiger partial charge in [-0.2, -0.15) is 0 Å². The summed E-state index contributed by atoms with van der Waals surface area (Å²) < 4.78 is 29.3. The van der Waals surface area contributed by atoms with E-state index in [0.717, 1.165) is 6.07 Å². The van der Waals surface area contributed by atoms with Gasteiger partial charge in [-0.15, -0.1) is 12.4 Å². The fraction of sp³-hybridized carbons (Fsp3) is 0.372. The van der Waals surface area contributed by atoms with Gasteiger partial charge in [-0.1, -0.05) is 0 Å². The summed E-state index contributed by atoms with van der Waals surface area (Å²) in [7, 11) is 5.89. The topological polar surface area (TPSA) is 392 Å². The van der Waals surface area contributed by atoms with E-state index in [1.54, 1.807) is 0 Å². The second kappa shape index (κ2) is 18.5. The van der Waals surface area contributed by atoms with Crippen LogP contribution in [0.25, 0.3) is 11.5 Å². The van der Waals surface area contributed by atoms with E-state index in [1.807, 2.05) is 0 Å². The van der Waals surface area contributed by atoms with Crippen molar-refractivity contribution in [2.45, 2.75) is 49.0 Å². The molecule has 0 bridgehead atoms. The molecular formula is C43H46ClF2N6O16Pd-. The van der Waals surface area contributed by atoms with Gasteiger partial charge in [0, 0.05) is 60.6 Å². The number of benzene rings is 2. The Labute approximate surface area is 409 Å². The van der Waals surface area contributed by atoms with Crippen LogP contribution < -0.4 is 17.2 Å². The van der Waals surface area contributed by atoms with Gasteiger partial charge in [-0.25, -0.2) is 8.78 Å². The number of fused-ring (bicyclic) bond motifs is 6. The maximum Gasteiger partial charge on any atom is 0.314 e. The van der Waals surface area contributed by atoms with Gasteiger partial charge in [0.05, 0.1) is 39.9 Å². The average Bonchev–Trinajstić information content (AvgIpc) is 3.20. The fourth-order valence-electron chi connectivity index (χ4n) is 10.7. The van der Waals surface area contributed by atoms with Crippen LogP contribution in [-0.4, -0.2) is 142 Å². The van der Waals surface area contributed by atoms with Crippen molar-refractivity contribution in [1.82, 2.24) is 9.80 Å². The number of phenols is 2. The van der Waals surface area contributed by atoms with Crippen molar-refractivity contribution in [1.29, 1.82) is 0 Å². The van der Waals surface area contributed by atoms with E-state index < -0.39 is 161 Å². The molecule has 0 heterocycles. The number of hydrogen-bond donors (Lipinski definition) is 11. The molecule has 4 unspecified atom stereocenters. The Kier molecular flexibility index (Phi) is 14.8. The Hall–Kier alpha value is -6.33. The third kappa shape index (κ3) is 7.63. The van der Waals surface area contributed by atoms with Crippen LogP contribution >= 0.6 is 12.4 Å². The van der Waals surface area contributed by atoms with Gasteiger partial charge in [0.25, 0.3) is 11.8 Å². The van der Waals surface area contributed by atoms with Crippen LogP contribution in [0.1, 0.15) is 35.1 Å². The summed E-state index contributed by atoms with van der Waals surface area (Å²) >= 11 is 0. The minimum atomic E-state index is -2.85. The van der Waals surface area contributed by atoms with Crippen molar-refractivity contribution in [3.05, 3.63) is 97.4 Å². The summed E-state index contributed by atoms with van der Waals surface area (Å²) in [6.45, 7) is 0. The van der Waals surface area contributed by atoms with Gasteiger partial charge in [-0.05, 0) is 65.7 Å². The molecule has 6 aliphatic rings. The Bertz CT molecular complexity index is 2830. The zero-order chi connectivity index (χ0) is 49.3. The number of nitro benzene ring substituents is 1. The van der Waals surface area contributed by atoms with E-state index >= 15 is 0 Å². The number of phenolic OH excluding ortho intramolecular Hbond substituents is 2. The number of carbonyl (C=O) groups is 6. The van der Waals surface area contributed by atoms with Gasteiger partial charge >= 0.3 is 5.69 Å². The summed E-state index contributed by atoms with van der Waals surface area (Å²) in [6.07, 6.45) is -0.764. The summed E-state index contributed by atoms with van der Waals surface area (Å²) in [5.41, 5.74) is 4.90. The Morgan fingerprint density at radius 2 is 1.06 bits per heavy atom. The summed E-state index contributed by atoms with van der Waals surface area (Å²) in [5.74, 6) is -19.1. The summed E-state index contributed by atoms with van der Waals surface area (Å²) in [4.78, 5) is 89.6. The molecule has 14 N–H and O–H groups in total. The van der Waals surface area contributed by atoms with Crippen molar-refractivity contribution in [3.63, 3.8) is 0 Å². The molecule has 376 valence electrons. The van der Waals surface area contributed by atoms with Crippen molar-refractivity contribution in [2.24, 2.45) is 35.1 Å². The number of nitrogen functional groups attached to an aromatic ring is 1. The zero-order valence-electron chi connectivity index (χ0n) is 36.8. The fourth-order valence-corrected chi connectivity index (χ4v) is 10.7. The standard InChI is InChI=1S/C21H20FN3O9.C21H22FN3O7.CH3.ClH.Pd/c1-24(2)14-8-4-6-3-7-9(22)5-10(25(33)34)15(26)12(7)16(27)11(6)18(29)21(8,32)19(30)13(17(14)28)20(23)31;1-25(2)14-8-4-6-3-7-9(22)5-10(23)15(26)12(7)16(27)11(6)18(29)21(8,32)19(30)13(17(14)28)20(24)31;;;/h5-6,8,14,26-27,30,32H,3-4H2,1-2H3,(H2,23,31);5-6,8,14,26-27,30,32H,3-4,23H2,1-2H3,(H2,24,31);1H3;1H;/q;;-1;;/t2*6?,8?,14-,21-;;;/m00.../s1. The number of halogens is 3. The van der Waals surface area contributed by atoms with Crippen LogP contribution in [0.4, 0.5) is 20.2 Å². The largest absolute Gasteiger partial charge is 0.508 e. The molecule has 22 nitrogen and oxygen atoms in total. The molecule has 69 heavy (non-hydrogen) atoms. The Morgan fingerprint density at radius 3 is 1.39 bits per heavy atom. The van der Waals surface area contributed by atoms with E-state index in [-0.39, 0.29) is 93.9 Å². The number of nitrogens with zero attached hydrogens (tertiary/aromatic N) is 3. The predicted molar refractivity (Wildman–Crippen MR) is 233 cm³/mol. The van der Waals surface area contributed by atoms with Gasteiger partial charge in [0.15, 0.2) is 22.8 Å². The van der Waals surface area contributed by atoms with Gasteiger partial charge in [-0.3, -0.25) is 48.7 Å². The number of nitrogens with two attached hydrogens (primary N) is 3. The van der Waals surface area contributed by atoms with Crippen LogP contribution in [-0.2, 0) is 62.0 Å². The zero-order valence-corrected chi connectivity index (χ0v) is 39.2. The number of likely N-dealkylation sites (N-methyl/N-ethyl adjacent to an activating group) is 2. The van der Waals surface area contributed by atoms with Crippen LogP contribution in [0, 0.1) is 52.8 Å². The Balaban J connectivity index is 0.000000288. The number of nitro groups is 1. The van der Waals surface area contributed by atoms with E-state index in [1.165, 1.54) is 38.0 Å². The van der Waals surface area contributed by atoms with Crippen LogP contribution in [0.5, 0.6) is 11.5 Å². The minimum Gasteiger partial charge on any atom is -0.508 e. The van der Waals surface area contributed by atoms with Crippen LogP contribution in [0.3, 0.4) is 0 Å². The first kappa shape index (κ1) is 55.3. The molecule has 0 aliphatic heterocycles. The van der Waals surface area contributed by atoms with E-state index in [2.05, 4.69) is 0 Å². The third-order valence-corrected chi connectivity index (χ3v) is 13.5. The van der Waals surface area contributed by atoms with Crippen molar-refractivity contribution < 1.29 is 104 Å². The van der Waals surface area contributed by atoms with E-state index in [4.69, 9.17) is 17.2 Å². The molecule has 26 heteroatoms. The van der Waals surface area contributed by atoms with Gasteiger partial charge in [0.1, 0.15) is 51.6 Å². The molecule has 2 aromatic carbocycles. The number of carbonyl (C=O) groups excluding carboxylic acids is 6. The normalized spacial score (nSPS) is 27.9. The van der Waals surface area contributed by atoms with Crippen molar-refractivity contribution >= 4 is 70.2 Å².